The first-order valence-electron chi connectivity index (χ1n) is 7.36. The quantitative estimate of drug-likeness (QED) is 0.916. The molecule has 1 saturated heterocycles. The van der Waals surface area contributed by atoms with Crippen LogP contribution in [0.1, 0.15) is 29.2 Å². The molecule has 0 amide bonds. The van der Waals surface area contributed by atoms with Crippen LogP contribution in [0.2, 0.25) is 0 Å². The number of aliphatic hydroxyl groups excluding tert-OH is 1. The van der Waals surface area contributed by atoms with Crippen molar-refractivity contribution in [3.8, 4) is 6.07 Å². The zero-order chi connectivity index (χ0) is 17.3. The average molecular weight is 333 g/mol. The minimum absolute atomic E-state index is 0.253. The van der Waals surface area contributed by atoms with Gasteiger partial charge in [0.2, 0.25) is 0 Å². The molecule has 0 spiro atoms. The van der Waals surface area contributed by atoms with E-state index in [1.165, 1.54) is 12.3 Å². The number of hydrogen-bond donors (Lipinski definition) is 1. The molecule has 124 valence electrons. The van der Waals surface area contributed by atoms with Gasteiger partial charge in [0.05, 0.1) is 29.3 Å². The fraction of sp³-hybridized carbons (Fsp3) is 0.294. The van der Waals surface area contributed by atoms with Crippen LogP contribution >= 0.6 is 0 Å². The Labute approximate surface area is 136 Å². The first-order chi connectivity index (χ1) is 11.4. The molecule has 1 N–H and O–H groups in total. The van der Waals surface area contributed by atoms with Crippen molar-refractivity contribution in [1.82, 2.24) is 4.98 Å². The van der Waals surface area contributed by atoms with Crippen molar-refractivity contribution in [1.29, 1.82) is 5.26 Å². The number of anilines is 1. The molecule has 2 atom stereocenters. The molecule has 1 aliphatic heterocycles. The molecule has 4 nitrogen and oxygen atoms in total. The Morgan fingerprint density at radius 3 is 2.75 bits per heavy atom. The van der Waals surface area contributed by atoms with E-state index in [1.54, 1.807) is 23.1 Å². The number of β-amino-alcohol motifs (C(OH)–C–C–N with tert-alkyl or cyclic N) is 1. The topological polar surface area (TPSA) is 60.2 Å². The number of rotatable bonds is 2. The summed E-state index contributed by atoms with van der Waals surface area (Å²) in [5.41, 5.74) is 0.148. The number of halogens is 3. The van der Waals surface area contributed by atoms with Gasteiger partial charge in [0, 0.05) is 12.7 Å². The molecule has 24 heavy (non-hydrogen) atoms. The van der Waals surface area contributed by atoms with Crippen LogP contribution in [0.4, 0.5) is 19.0 Å². The third-order valence-corrected chi connectivity index (χ3v) is 4.05. The van der Waals surface area contributed by atoms with Gasteiger partial charge in [0.1, 0.15) is 5.82 Å². The van der Waals surface area contributed by atoms with Gasteiger partial charge in [-0.15, -0.1) is 0 Å². The number of nitrogens with zero attached hydrogens (tertiary/aromatic N) is 3. The maximum Gasteiger partial charge on any atom is 0.416 e. The lowest BCUT2D eigenvalue weighted by molar-refractivity contribution is -0.137. The number of pyridine rings is 1. The fourth-order valence-corrected chi connectivity index (χ4v) is 2.95. The van der Waals surface area contributed by atoms with Gasteiger partial charge in [0.15, 0.2) is 0 Å². The van der Waals surface area contributed by atoms with E-state index >= 15 is 0 Å². The fourth-order valence-electron chi connectivity index (χ4n) is 2.95. The smallest absolute Gasteiger partial charge is 0.391 e. The van der Waals surface area contributed by atoms with Crippen LogP contribution in [0.25, 0.3) is 0 Å². The van der Waals surface area contributed by atoms with E-state index in [2.05, 4.69) is 4.98 Å². The van der Waals surface area contributed by atoms with Crippen molar-refractivity contribution < 1.29 is 18.3 Å². The van der Waals surface area contributed by atoms with Gasteiger partial charge < -0.3 is 10.0 Å². The van der Waals surface area contributed by atoms with Crippen molar-refractivity contribution in [2.45, 2.75) is 24.7 Å². The predicted molar refractivity (Wildman–Crippen MR) is 81.1 cm³/mol. The second-order valence-corrected chi connectivity index (χ2v) is 5.70. The zero-order valence-electron chi connectivity index (χ0n) is 12.5. The minimum Gasteiger partial charge on any atom is -0.391 e. The van der Waals surface area contributed by atoms with E-state index < -0.39 is 23.9 Å². The third kappa shape index (κ3) is 3.19. The Morgan fingerprint density at radius 2 is 2.04 bits per heavy atom. The number of alkyl halides is 3. The van der Waals surface area contributed by atoms with Crippen LogP contribution in [0.3, 0.4) is 0 Å². The molecule has 2 heterocycles. The molecule has 0 radical (unpaired) electrons. The highest BCUT2D eigenvalue weighted by Gasteiger charge is 2.35. The normalized spacial score (nSPS) is 20.9. The second kappa shape index (κ2) is 6.13. The van der Waals surface area contributed by atoms with Gasteiger partial charge >= 0.3 is 6.18 Å². The lowest BCUT2D eigenvalue weighted by atomic mass is 10.0. The highest BCUT2D eigenvalue weighted by atomic mass is 19.4. The Morgan fingerprint density at radius 1 is 1.25 bits per heavy atom. The van der Waals surface area contributed by atoms with Crippen molar-refractivity contribution in [3.05, 3.63) is 59.3 Å². The third-order valence-electron chi connectivity index (χ3n) is 4.05. The van der Waals surface area contributed by atoms with Crippen LogP contribution < -0.4 is 4.90 Å². The summed E-state index contributed by atoms with van der Waals surface area (Å²) in [6, 6.07) is 9.79. The first kappa shape index (κ1) is 16.3. The molecule has 0 bridgehead atoms. The van der Waals surface area contributed by atoms with Crippen molar-refractivity contribution in [2.24, 2.45) is 0 Å². The molecule has 1 aliphatic rings. The largest absolute Gasteiger partial charge is 0.416 e. The van der Waals surface area contributed by atoms with E-state index in [-0.39, 0.29) is 6.54 Å². The molecule has 2 aromatic rings. The lowest BCUT2D eigenvalue weighted by Gasteiger charge is -2.26. The van der Waals surface area contributed by atoms with Crippen LogP contribution in [-0.4, -0.2) is 22.7 Å². The Kier molecular flexibility index (Phi) is 4.16. The molecule has 3 rings (SSSR count). The molecule has 0 saturated carbocycles. The highest BCUT2D eigenvalue weighted by molar-refractivity contribution is 5.49. The van der Waals surface area contributed by atoms with Gasteiger partial charge in [-0.3, -0.25) is 0 Å². The molecule has 0 aliphatic carbocycles. The number of nitriles is 1. The van der Waals surface area contributed by atoms with Crippen LogP contribution in [-0.2, 0) is 6.18 Å². The number of benzene rings is 1. The number of hydrogen-bond acceptors (Lipinski definition) is 4. The van der Waals surface area contributed by atoms with E-state index in [9.17, 15) is 18.3 Å². The zero-order valence-corrected chi connectivity index (χ0v) is 12.5. The SMILES string of the molecule is N#Cc1ccnc(N2C[C@H](O)C[C@@H]2c2cccc(C(F)(F)F)c2)c1. The summed E-state index contributed by atoms with van der Waals surface area (Å²) < 4.78 is 38.8. The summed E-state index contributed by atoms with van der Waals surface area (Å²) in [4.78, 5) is 5.93. The standard InChI is InChI=1S/C17H14F3N3O/c18-17(19,20)13-3-1-2-12(7-13)15-8-14(24)10-23(15)16-6-11(9-21)4-5-22-16/h1-7,14-15,24H,8,10H2/t14-,15-/m1/s1. The van der Waals surface area contributed by atoms with Gasteiger partial charge in [-0.2, -0.15) is 18.4 Å². The molecule has 1 aromatic carbocycles. The Balaban J connectivity index is 1.98. The molecule has 7 heteroatoms. The molecular formula is C17H14F3N3O. The first-order valence-corrected chi connectivity index (χ1v) is 7.36. The molecule has 0 unspecified atom stereocenters. The molecule has 1 fully saturated rings. The number of aliphatic hydroxyl groups is 1. The maximum atomic E-state index is 12.9. The van der Waals surface area contributed by atoms with Crippen molar-refractivity contribution in [3.63, 3.8) is 0 Å². The summed E-state index contributed by atoms with van der Waals surface area (Å²) in [5, 5.41) is 19.0. The molecular weight excluding hydrogens is 319 g/mol. The minimum atomic E-state index is -4.42. The van der Waals surface area contributed by atoms with Gasteiger partial charge in [0.25, 0.3) is 0 Å². The molecule has 1 aromatic heterocycles. The summed E-state index contributed by atoms with van der Waals surface area (Å²) >= 11 is 0. The van der Waals surface area contributed by atoms with Crippen LogP contribution in [0, 0.1) is 11.3 Å². The van der Waals surface area contributed by atoms with Gasteiger partial charge in [-0.25, -0.2) is 4.98 Å². The summed E-state index contributed by atoms with van der Waals surface area (Å²) in [7, 11) is 0. The summed E-state index contributed by atoms with van der Waals surface area (Å²) in [6.45, 7) is 0.253. The van der Waals surface area contributed by atoms with E-state index in [4.69, 9.17) is 5.26 Å². The average Bonchev–Trinajstić information content (AvgIpc) is 2.96. The Bertz CT molecular complexity index is 785. The summed E-state index contributed by atoms with van der Waals surface area (Å²) in [5.74, 6) is 0.466. The van der Waals surface area contributed by atoms with E-state index in [0.29, 0.717) is 23.4 Å². The number of aromatic nitrogens is 1. The van der Waals surface area contributed by atoms with Crippen LogP contribution in [0.15, 0.2) is 42.6 Å². The van der Waals surface area contributed by atoms with Crippen molar-refractivity contribution in [2.75, 3.05) is 11.4 Å². The van der Waals surface area contributed by atoms with Gasteiger partial charge in [-0.1, -0.05) is 12.1 Å². The van der Waals surface area contributed by atoms with E-state index in [0.717, 1.165) is 12.1 Å². The monoisotopic (exact) mass is 333 g/mol. The van der Waals surface area contributed by atoms with Gasteiger partial charge in [-0.05, 0) is 36.2 Å². The maximum absolute atomic E-state index is 12.9. The lowest BCUT2D eigenvalue weighted by Crippen LogP contribution is -2.25. The van der Waals surface area contributed by atoms with Crippen molar-refractivity contribution >= 4 is 5.82 Å². The highest BCUT2D eigenvalue weighted by Crippen LogP contribution is 2.38. The second-order valence-electron chi connectivity index (χ2n) is 5.70. The summed E-state index contributed by atoms with van der Waals surface area (Å²) in [6.07, 6.45) is -3.31. The van der Waals surface area contributed by atoms with E-state index in [1.807, 2.05) is 6.07 Å². The van der Waals surface area contributed by atoms with Crippen LogP contribution in [0.5, 0.6) is 0 Å². The Hall–Kier alpha value is -2.59. The predicted octanol–water partition coefficient (Wildman–Crippen LogP) is 3.28.